The molecule has 1 aromatic heterocycles. The van der Waals surface area contributed by atoms with Gasteiger partial charge in [-0.05, 0) is 12.1 Å². The Bertz CT molecular complexity index is 549. The normalized spacial score (nSPS) is 9.95. The molecule has 2 rings (SSSR count). The first-order valence-corrected chi connectivity index (χ1v) is 6.07. The average Bonchev–Trinajstić information content (AvgIpc) is 2.40. The monoisotopic (exact) mass is 277 g/mol. The lowest BCUT2D eigenvalue weighted by Gasteiger charge is -2.06. The van der Waals surface area contributed by atoms with Gasteiger partial charge >= 0.3 is 0 Å². The molecule has 0 fully saturated rings. The summed E-state index contributed by atoms with van der Waals surface area (Å²) in [6.45, 7) is 0.295. The highest BCUT2D eigenvalue weighted by atomic mass is 35.5. The van der Waals surface area contributed by atoms with Crippen molar-refractivity contribution in [3.8, 4) is 5.75 Å². The lowest BCUT2D eigenvalue weighted by atomic mass is 10.3. The van der Waals surface area contributed by atoms with Crippen LogP contribution in [0.4, 0.5) is 5.82 Å². The van der Waals surface area contributed by atoms with Crippen LogP contribution in [-0.4, -0.2) is 22.5 Å². The molecule has 1 N–H and O–H groups in total. The van der Waals surface area contributed by atoms with Crippen LogP contribution in [0.2, 0.25) is 5.15 Å². The van der Waals surface area contributed by atoms with Crippen LogP contribution in [-0.2, 0) is 4.79 Å². The van der Waals surface area contributed by atoms with Crippen LogP contribution >= 0.6 is 11.6 Å². The number of benzene rings is 1. The van der Waals surface area contributed by atoms with Gasteiger partial charge in [0, 0.05) is 0 Å². The molecule has 2 aromatic rings. The molecular weight excluding hydrogens is 266 g/mol. The van der Waals surface area contributed by atoms with E-state index in [1.54, 1.807) is 0 Å². The van der Waals surface area contributed by atoms with Crippen LogP contribution < -0.4 is 10.1 Å². The first-order valence-electron chi connectivity index (χ1n) is 5.69. The van der Waals surface area contributed by atoms with E-state index in [0.29, 0.717) is 12.4 Å². The van der Waals surface area contributed by atoms with E-state index in [-0.39, 0.29) is 17.5 Å². The van der Waals surface area contributed by atoms with Crippen molar-refractivity contribution < 1.29 is 9.53 Å². The van der Waals surface area contributed by atoms with Gasteiger partial charge in [-0.1, -0.05) is 29.8 Å². The molecule has 0 saturated carbocycles. The highest BCUT2D eigenvalue weighted by Gasteiger charge is 2.04. The summed E-state index contributed by atoms with van der Waals surface area (Å²) in [4.78, 5) is 19.3. The molecule has 0 aliphatic carbocycles. The highest BCUT2D eigenvalue weighted by Crippen LogP contribution is 2.09. The van der Waals surface area contributed by atoms with Crippen molar-refractivity contribution in [1.82, 2.24) is 9.97 Å². The number of carbonyl (C=O) groups excluding carboxylic acids is 1. The summed E-state index contributed by atoms with van der Waals surface area (Å²) in [6, 6.07) is 9.31. The molecular formula is C13H12ClN3O2. The van der Waals surface area contributed by atoms with Crippen molar-refractivity contribution in [3.63, 3.8) is 0 Å². The van der Waals surface area contributed by atoms with Gasteiger partial charge in [0.25, 0.3) is 0 Å². The van der Waals surface area contributed by atoms with E-state index in [4.69, 9.17) is 16.3 Å². The number of hydrogen-bond donors (Lipinski definition) is 1. The summed E-state index contributed by atoms with van der Waals surface area (Å²) in [6.07, 6.45) is 3.06. The molecule has 5 nitrogen and oxygen atoms in total. The van der Waals surface area contributed by atoms with Gasteiger partial charge in [0.2, 0.25) is 5.91 Å². The Morgan fingerprint density at radius 2 is 2.05 bits per heavy atom. The minimum atomic E-state index is -0.201. The largest absolute Gasteiger partial charge is 0.493 e. The van der Waals surface area contributed by atoms with Crippen molar-refractivity contribution in [2.24, 2.45) is 0 Å². The first kappa shape index (κ1) is 13.3. The fourth-order valence-corrected chi connectivity index (χ4v) is 1.53. The Morgan fingerprint density at radius 3 is 2.79 bits per heavy atom. The third-order valence-corrected chi connectivity index (χ3v) is 2.40. The van der Waals surface area contributed by atoms with Gasteiger partial charge in [-0.25, -0.2) is 4.98 Å². The average molecular weight is 278 g/mol. The SMILES string of the molecule is O=C(CCOc1ccccc1)Nc1cncc(Cl)n1. The maximum atomic E-state index is 11.6. The van der Waals surface area contributed by atoms with Crippen LogP contribution in [0.25, 0.3) is 0 Å². The molecule has 1 amide bonds. The van der Waals surface area contributed by atoms with Gasteiger partial charge in [0.1, 0.15) is 10.9 Å². The van der Waals surface area contributed by atoms with E-state index in [1.807, 2.05) is 30.3 Å². The third kappa shape index (κ3) is 4.56. The van der Waals surface area contributed by atoms with Gasteiger partial charge in [-0.3, -0.25) is 9.78 Å². The van der Waals surface area contributed by atoms with Crippen molar-refractivity contribution in [3.05, 3.63) is 47.9 Å². The Balaban J connectivity index is 1.76. The number of aromatic nitrogens is 2. The molecule has 0 aliphatic heterocycles. The van der Waals surface area contributed by atoms with E-state index < -0.39 is 0 Å². The lowest BCUT2D eigenvalue weighted by Crippen LogP contribution is -2.16. The Kier molecular flexibility index (Phi) is 4.69. The number of ether oxygens (including phenoxy) is 1. The molecule has 0 aliphatic rings. The Labute approximate surface area is 115 Å². The van der Waals surface area contributed by atoms with Crippen LogP contribution in [0.3, 0.4) is 0 Å². The van der Waals surface area contributed by atoms with Crippen LogP contribution in [0.5, 0.6) is 5.75 Å². The summed E-state index contributed by atoms with van der Waals surface area (Å²) in [5.41, 5.74) is 0. The number of carbonyl (C=O) groups is 1. The molecule has 0 saturated heterocycles. The number of hydrogen-bond acceptors (Lipinski definition) is 4. The quantitative estimate of drug-likeness (QED) is 0.912. The van der Waals surface area contributed by atoms with E-state index >= 15 is 0 Å². The first-order chi connectivity index (χ1) is 9.24. The van der Waals surface area contributed by atoms with Crippen LogP contribution in [0.1, 0.15) is 6.42 Å². The number of nitrogens with one attached hydrogen (secondary N) is 1. The molecule has 19 heavy (non-hydrogen) atoms. The smallest absolute Gasteiger partial charge is 0.228 e. The van der Waals surface area contributed by atoms with Gasteiger partial charge in [-0.15, -0.1) is 0 Å². The Morgan fingerprint density at radius 1 is 1.26 bits per heavy atom. The molecule has 1 aromatic carbocycles. The zero-order valence-electron chi connectivity index (χ0n) is 10.0. The summed E-state index contributed by atoms with van der Waals surface area (Å²) < 4.78 is 5.42. The topological polar surface area (TPSA) is 64.1 Å². The van der Waals surface area contributed by atoms with Crippen molar-refractivity contribution in [2.45, 2.75) is 6.42 Å². The number of anilines is 1. The minimum absolute atomic E-state index is 0.201. The van der Waals surface area contributed by atoms with Crippen LogP contribution in [0, 0.1) is 0 Å². The van der Waals surface area contributed by atoms with E-state index in [2.05, 4.69) is 15.3 Å². The number of para-hydroxylation sites is 1. The van der Waals surface area contributed by atoms with Crippen molar-refractivity contribution >= 4 is 23.3 Å². The molecule has 0 atom stereocenters. The predicted molar refractivity (Wildman–Crippen MR) is 72.2 cm³/mol. The van der Waals surface area contributed by atoms with E-state index in [1.165, 1.54) is 12.4 Å². The fraction of sp³-hybridized carbons (Fsp3) is 0.154. The maximum absolute atomic E-state index is 11.6. The van der Waals surface area contributed by atoms with Crippen LogP contribution in [0.15, 0.2) is 42.7 Å². The molecule has 1 heterocycles. The molecule has 0 unspecified atom stereocenters. The summed E-state index contributed by atoms with van der Waals surface area (Å²) in [5.74, 6) is 0.863. The van der Waals surface area contributed by atoms with E-state index in [9.17, 15) is 4.79 Å². The summed E-state index contributed by atoms with van der Waals surface area (Å²) >= 11 is 5.66. The number of amides is 1. The minimum Gasteiger partial charge on any atom is -0.493 e. The maximum Gasteiger partial charge on any atom is 0.228 e. The van der Waals surface area contributed by atoms with Gasteiger partial charge in [-0.2, -0.15) is 0 Å². The standard InChI is InChI=1S/C13H12ClN3O2/c14-11-8-15-9-12(16-11)17-13(18)6-7-19-10-4-2-1-3-5-10/h1-5,8-9H,6-7H2,(H,16,17,18). The van der Waals surface area contributed by atoms with Crippen molar-refractivity contribution in [2.75, 3.05) is 11.9 Å². The second kappa shape index (κ2) is 6.70. The fourth-order valence-electron chi connectivity index (χ4n) is 1.39. The molecule has 0 spiro atoms. The zero-order valence-corrected chi connectivity index (χ0v) is 10.8. The third-order valence-electron chi connectivity index (χ3n) is 2.21. The predicted octanol–water partition coefficient (Wildman–Crippen LogP) is 2.54. The molecule has 0 bridgehead atoms. The second-order valence-electron chi connectivity index (χ2n) is 3.69. The zero-order chi connectivity index (χ0) is 13.5. The van der Waals surface area contributed by atoms with E-state index in [0.717, 1.165) is 5.75 Å². The van der Waals surface area contributed by atoms with Gasteiger partial charge in [0.05, 0.1) is 25.4 Å². The molecule has 6 heteroatoms. The molecule has 0 radical (unpaired) electrons. The summed E-state index contributed by atoms with van der Waals surface area (Å²) in [5, 5.41) is 2.83. The second-order valence-corrected chi connectivity index (χ2v) is 4.07. The highest BCUT2D eigenvalue weighted by molar-refractivity contribution is 6.29. The number of rotatable bonds is 5. The number of halogens is 1. The van der Waals surface area contributed by atoms with Crippen molar-refractivity contribution in [1.29, 1.82) is 0 Å². The summed E-state index contributed by atoms with van der Waals surface area (Å²) in [7, 11) is 0. The van der Waals surface area contributed by atoms with Gasteiger partial charge < -0.3 is 10.1 Å². The lowest BCUT2D eigenvalue weighted by molar-refractivity contribution is -0.116. The number of nitrogens with zero attached hydrogens (tertiary/aromatic N) is 2. The van der Waals surface area contributed by atoms with Gasteiger partial charge in [0.15, 0.2) is 5.82 Å². The molecule has 98 valence electrons. The Hall–Kier alpha value is -2.14.